The van der Waals surface area contributed by atoms with Gasteiger partial charge in [0, 0.05) is 19.7 Å². The Labute approximate surface area is 130 Å². The predicted octanol–water partition coefficient (Wildman–Crippen LogP) is 2.05. The van der Waals surface area contributed by atoms with Crippen molar-refractivity contribution in [2.24, 2.45) is 0 Å². The second-order valence-electron chi connectivity index (χ2n) is 5.93. The van der Waals surface area contributed by atoms with E-state index in [0.717, 1.165) is 45.5 Å². The zero-order valence-corrected chi connectivity index (χ0v) is 14.7. The van der Waals surface area contributed by atoms with E-state index in [1.54, 1.807) is 7.11 Å². The van der Waals surface area contributed by atoms with Crippen LogP contribution >= 0.6 is 0 Å². The molecule has 1 unspecified atom stereocenters. The number of hydrogen-bond donors (Lipinski definition) is 1. The summed E-state index contributed by atoms with van der Waals surface area (Å²) in [5, 5.41) is 3.25. The van der Waals surface area contributed by atoms with E-state index in [2.05, 4.69) is 24.1 Å². The van der Waals surface area contributed by atoms with Crippen LogP contribution in [0.15, 0.2) is 0 Å². The average Bonchev–Trinajstić information content (AvgIpc) is 2.45. The maximum Gasteiger partial charge on any atom is 0.325 e. The Bertz CT molecular complexity index is 285. The number of nitrogens with zero attached hydrogens (tertiary/aromatic N) is 1. The van der Waals surface area contributed by atoms with Crippen molar-refractivity contribution in [1.82, 2.24) is 10.2 Å². The summed E-state index contributed by atoms with van der Waals surface area (Å²) in [5.74, 6) is -0.176. The highest BCUT2D eigenvalue weighted by atomic mass is 16.5. The molecule has 1 N–H and O–H groups in total. The molecule has 21 heavy (non-hydrogen) atoms. The molecule has 0 aliphatic heterocycles. The Morgan fingerprint density at radius 2 is 1.90 bits per heavy atom. The van der Waals surface area contributed by atoms with Crippen LogP contribution in [0.5, 0.6) is 0 Å². The zero-order valence-electron chi connectivity index (χ0n) is 14.7. The number of likely N-dealkylation sites (N-methyl/N-ethyl adjacent to an activating group) is 1. The number of nitrogens with one attached hydrogen (secondary N) is 1. The summed E-state index contributed by atoms with van der Waals surface area (Å²) in [5.41, 5.74) is -0.571. The van der Waals surface area contributed by atoms with Gasteiger partial charge in [0.15, 0.2) is 0 Å². The van der Waals surface area contributed by atoms with Gasteiger partial charge in [-0.3, -0.25) is 9.69 Å². The van der Waals surface area contributed by atoms with Gasteiger partial charge < -0.3 is 14.8 Å². The molecule has 0 heterocycles. The molecular formula is C16H34N2O3. The maximum atomic E-state index is 11.9. The molecule has 5 heteroatoms. The van der Waals surface area contributed by atoms with Gasteiger partial charge in [0.05, 0.1) is 13.7 Å². The highest BCUT2D eigenvalue weighted by Gasteiger charge is 2.32. The van der Waals surface area contributed by atoms with Gasteiger partial charge in [-0.1, -0.05) is 6.92 Å². The van der Waals surface area contributed by atoms with Crippen molar-refractivity contribution in [3.63, 3.8) is 0 Å². The number of carbonyl (C=O) groups is 1. The fourth-order valence-corrected chi connectivity index (χ4v) is 2.51. The molecule has 0 aromatic rings. The molecule has 0 radical (unpaired) electrons. The van der Waals surface area contributed by atoms with Crippen LogP contribution in [0.4, 0.5) is 0 Å². The van der Waals surface area contributed by atoms with E-state index in [0.29, 0.717) is 6.04 Å². The predicted molar refractivity (Wildman–Crippen MR) is 86.5 cm³/mol. The molecule has 1 atom stereocenters. The third-order valence-electron chi connectivity index (χ3n) is 3.89. The van der Waals surface area contributed by atoms with Crippen molar-refractivity contribution in [3.8, 4) is 0 Å². The fraction of sp³-hybridized carbons (Fsp3) is 0.938. The smallest absolute Gasteiger partial charge is 0.325 e. The first kappa shape index (κ1) is 20.3. The van der Waals surface area contributed by atoms with Crippen molar-refractivity contribution in [2.45, 2.75) is 58.5 Å². The van der Waals surface area contributed by atoms with Crippen molar-refractivity contribution in [3.05, 3.63) is 0 Å². The molecule has 0 saturated carbocycles. The van der Waals surface area contributed by atoms with Crippen LogP contribution in [0.25, 0.3) is 0 Å². The standard InChI is InChI=1S/C16H34N2O3/c1-7-17-16(4,15(19)21-6)10-8-9-11-18(14(2)3)12-13-20-5/h14,17H,7-13H2,1-6H3. The largest absolute Gasteiger partial charge is 0.468 e. The first-order valence-corrected chi connectivity index (χ1v) is 7.97. The van der Waals surface area contributed by atoms with Gasteiger partial charge in [0.25, 0.3) is 0 Å². The summed E-state index contributed by atoms with van der Waals surface area (Å²) in [7, 11) is 3.18. The van der Waals surface area contributed by atoms with E-state index in [9.17, 15) is 4.79 Å². The second kappa shape index (κ2) is 11.0. The number of unbranched alkanes of at least 4 members (excludes halogenated alkanes) is 1. The van der Waals surface area contributed by atoms with Crippen molar-refractivity contribution < 1.29 is 14.3 Å². The van der Waals surface area contributed by atoms with Gasteiger partial charge >= 0.3 is 5.97 Å². The van der Waals surface area contributed by atoms with E-state index in [1.807, 2.05) is 13.8 Å². The van der Waals surface area contributed by atoms with Crippen LogP contribution in [0.2, 0.25) is 0 Å². The van der Waals surface area contributed by atoms with E-state index < -0.39 is 5.54 Å². The number of carbonyl (C=O) groups excluding carboxylic acids is 1. The molecule has 0 saturated heterocycles. The minimum atomic E-state index is -0.571. The first-order chi connectivity index (χ1) is 9.91. The molecule has 0 bridgehead atoms. The van der Waals surface area contributed by atoms with Crippen molar-refractivity contribution in [2.75, 3.05) is 40.5 Å². The van der Waals surface area contributed by atoms with Gasteiger partial charge in [-0.2, -0.15) is 0 Å². The third kappa shape index (κ3) is 7.79. The summed E-state index contributed by atoms with van der Waals surface area (Å²) in [6, 6.07) is 0.515. The quantitative estimate of drug-likeness (QED) is 0.442. The fourth-order valence-electron chi connectivity index (χ4n) is 2.51. The van der Waals surface area contributed by atoms with Crippen LogP contribution < -0.4 is 5.32 Å². The van der Waals surface area contributed by atoms with E-state index in [-0.39, 0.29) is 5.97 Å². The topological polar surface area (TPSA) is 50.8 Å². The Balaban J connectivity index is 4.21. The van der Waals surface area contributed by atoms with Crippen LogP contribution in [0.3, 0.4) is 0 Å². The lowest BCUT2D eigenvalue weighted by molar-refractivity contribution is -0.148. The van der Waals surface area contributed by atoms with Crippen LogP contribution in [0.1, 0.15) is 47.0 Å². The number of methoxy groups -OCH3 is 2. The van der Waals surface area contributed by atoms with Gasteiger partial charge in [-0.05, 0) is 53.1 Å². The summed E-state index contributed by atoms with van der Waals surface area (Å²) in [6.07, 6.45) is 2.86. The van der Waals surface area contributed by atoms with Gasteiger partial charge in [0.2, 0.25) is 0 Å². The number of esters is 1. The highest BCUT2D eigenvalue weighted by Crippen LogP contribution is 2.16. The monoisotopic (exact) mass is 302 g/mol. The van der Waals surface area contributed by atoms with Crippen molar-refractivity contribution in [1.29, 1.82) is 0 Å². The lowest BCUT2D eigenvalue weighted by atomic mass is 9.94. The van der Waals surface area contributed by atoms with Crippen LogP contribution in [0, 0.1) is 0 Å². The Morgan fingerprint density at radius 1 is 1.24 bits per heavy atom. The van der Waals surface area contributed by atoms with Gasteiger partial charge in [0.1, 0.15) is 5.54 Å². The summed E-state index contributed by atoms with van der Waals surface area (Å²) < 4.78 is 10.1. The van der Waals surface area contributed by atoms with Crippen molar-refractivity contribution >= 4 is 5.97 Å². The minimum absolute atomic E-state index is 0.176. The first-order valence-electron chi connectivity index (χ1n) is 7.97. The molecule has 0 aliphatic carbocycles. The highest BCUT2D eigenvalue weighted by molar-refractivity contribution is 5.80. The minimum Gasteiger partial charge on any atom is -0.468 e. The normalized spacial score (nSPS) is 14.5. The van der Waals surface area contributed by atoms with Crippen LogP contribution in [-0.4, -0.2) is 62.9 Å². The third-order valence-corrected chi connectivity index (χ3v) is 3.89. The zero-order chi connectivity index (χ0) is 16.3. The maximum absolute atomic E-state index is 11.9. The van der Waals surface area contributed by atoms with E-state index in [1.165, 1.54) is 7.11 Å². The summed E-state index contributed by atoms with van der Waals surface area (Å²) in [4.78, 5) is 14.3. The summed E-state index contributed by atoms with van der Waals surface area (Å²) in [6.45, 7) is 11.8. The molecule has 0 aliphatic rings. The molecule has 5 nitrogen and oxygen atoms in total. The number of rotatable bonds is 12. The lowest BCUT2D eigenvalue weighted by Gasteiger charge is -2.29. The average molecular weight is 302 g/mol. The van der Waals surface area contributed by atoms with Crippen LogP contribution in [-0.2, 0) is 14.3 Å². The molecule has 0 rings (SSSR count). The Hall–Kier alpha value is -0.650. The number of hydrogen-bond acceptors (Lipinski definition) is 5. The second-order valence-corrected chi connectivity index (χ2v) is 5.93. The van der Waals surface area contributed by atoms with E-state index >= 15 is 0 Å². The molecule has 0 amide bonds. The molecule has 0 fully saturated rings. The van der Waals surface area contributed by atoms with Gasteiger partial charge in [-0.15, -0.1) is 0 Å². The van der Waals surface area contributed by atoms with Gasteiger partial charge in [-0.25, -0.2) is 0 Å². The molecule has 0 aromatic carbocycles. The SMILES string of the molecule is CCNC(C)(CCCCN(CCOC)C(C)C)C(=O)OC. The molecule has 0 spiro atoms. The Kier molecular flexibility index (Phi) is 10.6. The lowest BCUT2D eigenvalue weighted by Crippen LogP contribution is -2.50. The molecular weight excluding hydrogens is 268 g/mol. The molecule has 126 valence electrons. The Morgan fingerprint density at radius 3 is 2.38 bits per heavy atom. The van der Waals surface area contributed by atoms with E-state index in [4.69, 9.17) is 9.47 Å². The summed E-state index contributed by atoms with van der Waals surface area (Å²) >= 11 is 0. The number of ether oxygens (including phenoxy) is 2. The molecule has 0 aromatic heterocycles.